The van der Waals surface area contributed by atoms with E-state index >= 15 is 0 Å². The quantitative estimate of drug-likeness (QED) is 0.740. The molecule has 1 aliphatic heterocycles. The first kappa shape index (κ1) is 8.43. The maximum Gasteiger partial charge on any atom is 0.249 e. The summed E-state index contributed by atoms with van der Waals surface area (Å²) in [4.78, 5) is 4.14. The fraction of sp³-hybridized carbons (Fsp3) is 0.571. The van der Waals surface area contributed by atoms with Crippen molar-refractivity contribution in [3.05, 3.63) is 5.69 Å². The summed E-state index contributed by atoms with van der Waals surface area (Å²) in [5, 5.41) is 3.06. The Hall–Kier alpha value is -1.17. The number of nitrogens with one attached hydrogen (secondary N) is 1. The fourth-order valence-electron chi connectivity index (χ4n) is 1.27. The Kier molecular flexibility index (Phi) is 2.40. The predicted molar refractivity (Wildman–Crippen MR) is 50.6 cm³/mol. The van der Waals surface area contributed by atoms with E-state index in [1.807, 2.05) is 0 Å². The van der Waals surface area contributed by atoms with Crippen LogP contribution in [0.4, 0.5) is 0 Å². The van der Waals surface area contributed by atoms with Gasteiger partial charge in [-0.25, -0.2) is 0 Å². The summed E-state index contributed by atoms with van der Waals surface area (Å²) >= 11 is 1.18. The van der Waals surface area contributed by atoms with Gasteiger partial charge in [0.2, 0.25) is 5.88 Å². The lowest BCUT2D eigenvalue weighted by Gasteiger charge is -2.16. The Bertz CT molecular complexity index is 311. The van der Waals surface area contributed by atoms with Crippen molar-refractivity contribution in [2.75, 3.05) is 20.2 Å². The first-order chi connectivity index (χ1) is 6.42. The molecule has 0 saturated heterocycles. The zero-order chi connectivity index (χ0) is 9.10. The van der Waals surface area contributed by atoms with E-state index in [9.17, 15) is 0 Å². The van der Waals surface area contributed by atoms with Crippen LogP contribution in [0.25, 0.3) is 0 Å². The van der Waals surface area contributed by atoms with Crippen LogP contribution in [0.5, 0.6) is 5.88 Å². The highest BCUT2D eigenvalue weighted by Gasteiger charge is 2.21. The molecule has 70 valence electrons. The normalized spacial score (nSPS) is 21.2. The second-order valence-electron chi connectivity index (χ2n) is 2.76. The lowest BCUT2D eigenvalue weighted by atomic mass is 10.1. The second-order valence-corrected chi connectivity index (χ2v) is 3.29. The highest BCUT2D eigenvalue weighted by atomic mass is 32.1. The van der Waals surface area contributed by atoms with Crippen LogP contribution in [0.1, 0.15) is 11.6 Å². The SMILES string of the molecule is COc1nsnc1C1CN=CNC1. The standard InChI is InChI=1S/C7H10N4OS/c1-12-7-6(10-13-11-7)5-2-8-4-9-3-5/h4-5H,2-3H2,1H3,(H,8,9). The zero-order valence-corrected chi connectivity index (χ0v) is 8.04. The van der Waals surface area contributed by atoms with Crippen LogP contribution in [0, 0.1) is 0 Å². The zero-order valence-electron chi connectivity index (χ0n) is 7.23. The molecule has 0 fully saturated rings. The van der Waals surface area contributed by atoms with Gasteiger partial charge in [-0.1, -0.05) is 0 Å². The van der Waals surface area contributed by atoms with Crippen molar-refractivity contribution in [2.45, 2.75) is 5.92 Å². The van der Waals surface area contributed by atoms with Crippen LogP contribution in [0.15, 0.2) is 4.99 Å². The summed E-state index contributed by atoms with van der Waals surface area (Å²) in [6.07, 6.45) is 1.72. The molecule has 5 nitrogen and oxygen atoms in total. The van der Waals surface area contributed by atoms with E-state index in [2.05, 4.69) is 19.1 Å². The van der Waals surface area contributed by atoms with Gasteiger partial charge < -0.3 is 10.1 Å². The van der Waals surface area contributed by atoms with Crippen molar-refractivity contribution in [2.24, 2.45) is 4.99 Å². The number of rotatable bonds is 2. The molecule has 1 aromatic rings. The van der Waals surface area contributed by atoms with Gasteiger partial charge in [0.15, 0.2) is 0 Å². The Morgan fingerprint density at radius 1 is 1.62 bits per heavy atom. The maximum absolute atomic E-state index is 5.10. The van der Waals surface area contributed by atoms with Crippen molar-refractivity contribution in [3.63, 3.8) is 0 Å². The Balaban J connectivity index is 2.19. The predicted octanol–water partition coefficient (Wildman–Crippen LogP) is 0.262. The van der Waals surface area contributed by atoms with Crippen LogP contribution in [-0.2, 0) is 0 Å². The third-order valence-corrected chi connectivity index (χ3v) is 2.46. The summed E-state index contributed by atoms with van der Waals surface area (Å²) in [5.74, 6) is 0.924. The van der Waals surface area contributed by atoms with Gasteiger partial charge in [0, 0.05) is 12.5 Å². The van der Waals surface area contributed by atoms with Gasteiger partial charge in [-0.05, 0) is 0 Å². The molecule has 1 aromatic heterocycles. The van der Waals surface area contributed by atoms with Gasteiger partial charge in [-0.15, -0.1) is 4.37 Å². The van der Waals surface area contributed by atoms with Crippen LogP contribution in [-0.4, -0.2) is 35.3 Å². The molecule has 0 saturated carbocycles. The minimum Gasteiger partial charge on any atom is -0.479 e. The van der Waals surface area contributed by atoms with E-state index < -0.39 is 0 Å². The van der Waals surface area contributed by atoms with Gasteiger partial charge in [-0.3, -0.25) is 4.99 Å². The highest BCUT2D eigenvalue weighted by molar-refractivity contribution is 6.99. The molecule has 0 aliphatic carbocycles. The lowest BCUT2D eigenvalue weighted by Crippen LogP contribution is -2.27. The average molecular weight is 198 g/mol. The van der Waals surface area contributed by atoms with E-state index in [-0.39, 0.29) is 0 Å². The summed E-state index contributed by atoms with van der Waals surface area (Å²) in [7, 11) is 1.61. The lowest BCUT2D eigenvalue weighted by molar-refractivity contribution is 0.391. The number of aliphatic imine (C=N–C) groups is 1. The molecule has 1 unspecified atom stereocenters. The van der Waals surface area contributed by atoms with Crippen molar-refractivity contribution >= 4 is 18.1 Å². The smallest absolute Gasteiger partial charge is 0.249 e. The topological polar surface area (TPSA) is 59.4 Å². The van der Waals surface area contributed by atoms with Gasteiger partial charge in [-0.2, -0.15) is 4.37 Å². The first-order valence-corrected chi connectivity index (χ1v) is 4.73. The molecular weight excluding hydrogens is 188 g/mol. The molecule has 0 aromatic carbocycles. The number of methoxy groups -OCH3 is 1. The van der Waals surface area contributed by atoms with E-state index in [4.69, 9.17) is 4.74 Å². The van der Waals surface area contributed by atoms with Gasteiger partial charge >= 0.3 is 0 Å². The molecule has 1 aliphatic rings. The van der Waals surface area contributed by atoms with Gasteiger partial charge in [0.1, 0.15) is 5.69 Å². The Morgan fingerprint density at radius 2 is 2.54 bits per heavy atom. The van der Waals surface area contributed by atoms with Crippen LogP contribution >= 0.6 is 11.7 Å². The molecule has 0 bridgehead atoms. The van der Waals surface area contributed by atoms with Gasteiger partial charge in [0.05, 0.1) is 31.7 Å². The minimum atomic E-state index is 0.290. The van der Waals surface area contributed by atoms with E-state index in [0.29, 0.717) is 11.8 Å². The number of nitrogens with zero attached hydrogens (tertiary/aromatic N) is 3. The molecule has 0 radical (unpaired) electrons. The van der Waals surface area contributed by atoms with Gasteiger partial charge in [0.25, 0.3) is 0 Å². The summed E-state index contributed by atoms with van der Waals surface area (Å²) in [6, 6.07) is 0. The number of hydrogen-bond donors (Lipinski definition) is 1. The number of aromatic nitrogens is 2. The third kappa shape index (κ3) is 1.62. The maximum atomic E-state index is 5.10. The second kappa shape index (κ2) is 3.69. The monoisotopic (exact) mass is 198 g/mol. The van der Waals surface area contributed by atoms with Crippen molar-refractivity contribution < 1.29 is 4.74 Å². The molecule has 1 atom stereocenters. The Morgan fingerprint density at radius 3 is 3.23 bits per heavy atom. The minimum absolute atomic E-state index is 0.290. The third-order valence-electron chi connectivity index (χ3n) is 1.93. The average Bonchev–Trinajstić information content (AvgIpc) is 2.67. The summed E-state index contributed by atoms with van der Waals surface area (Å²) in [6.45, 7) is 1.61. The van der Waals surface area contributed by atoms with Crippen LogP contribution in [0.3, 0.4) is 0 Å². The first-order valence-electron chi connectivity index (χ1n) is 4.00. The summed E-state index contributed by atoms with van der Waals surface area (Å²) < 4.78 is 13.3. The molecule has 0 spiro atoms. The molecular formula is C7H10N4OS. The van der Waals surface area contributed by atoms with Crippen LogP contribution < -0.4 is 10.1 Å². The van der Waals surface area contributed by atoms with Crippen molar-refractivity contribution in [3.8, 4) is 5.88 Å². The van der Waals surface area contributed by atoms with E-state index in [1.54, 1.807) is 13.4 Å². The number of ether oxygens (including phenoxy) is 1. The largest absolute Gasteiger partial charge is 0.479 e. The van der Waals surface area contributed by atoms with Crippen LogP contribution in [0.2, 0.25) is 0 Å². The molecule has 1 N–H and O–H groups in total. The van der Waals surface area contributed by atoms with E-state index in [0.717, 1.165) is 18.8 Å². The molecule has 6 heteroatoms. The highest BCUT2D eigenvalue weighted by Crippen LogP contribution is 2.24. The Labute approximate surface area is 80.2 Å². The van der Waals surface area contributed by atoms with Crippen molar-refractivity contribution in [1.29, 1.82) is 0 Å². The molecule has 13 heavy (non-hydrogen) atoms. The number of hydrogen-bond acceptors (Lipinski definition) is 6. The summed E-state index contributed by atoms with van der Waals surface area (Å²) in [5.41, 5.74) is 0.914. The molecule has 2 heterocycles. The fourth-order valence-corrected chi connectivity index (χ4v) is 1.86. The molecule has 2 rings (SSSR count). The van der Waals surface area contributed by atoms with Crippen molar-refractivity contribution in [1.82, 2.24) is 14.1 Å². The molecule has 0 amide bonds. The van der Waals surface area contributed by atoms with E-state index in [1.165, 1.54) is 11.7 Å².